The second kappa shape index (κ2) is 7.38. The normalized spacial score (nSPS) is 17.0. The third-order valence-corrected chi connectivity index (χ3v) is 4.88. The van der Waals surface area contributed by atoms with Crippen molar-refractivity contribution in [1.29, 1.82) is 0 Å². The molecule has 1 aromatic carbocycles. The standard InChI is InChI=1S/C19H23FN6O/c1-13(27)25-8-10-26(11-9-25)16-6-4-15(5-7-16)23-19-21-12-17(20)18(24-19)22-14-2-3-14/h4-7,12,14H,2-3,8-11H2,1H3,(H2,21,22,23,24). The average molecular weight is 370 g/mol. The number of anilines is 4. The second-order valence-electron chi connectivity index (χ2n) is 6.97. The van der Waals surface area contributed by atoms with Crippen LogP contribution < -0.4 is 15.5 Å². The molecular formula is C19H23FN6O. The van der Waals surface area contributed by atoms with Crippen LogP contribution in [0, 0.1) is 5.82 Å². The van der Waals surface area contributed by atoms with Crippen molar-refractivity contribution < 1.29 is 9.18 Å². The maximum absolute atomic E-state index is 13.8. The van der Waals surface area contributed by atoms with E-state index < -0.39 is 5.82 Å². The van der Waals surface area contributed by atoms with Crippen LogP contribution >= 0.6 is 0 Å². The van der Waals surface area contributed by atoms with Crippen LogP contribution in [-0.4, -0.2) is 53.0 Å². The van der Waals surface area contributed by atoms with Crippen molar-refractivity contribution in [3.05, 3.63) is 36.3 Å². The molecule has 0 radical (unpaired) electrons. The van der Waals surface area contributed by atoms with Crippen molar-refractivity contribution in [1.82, 2.24) is 14.9 Å². The Hall–Kier alpha value is -2.90. The van der Waals surface area contributed by atoms with Crippen LogP contribution in [0.5, 0.6) is 0 Å². The minimum atomic E-state index is -0.437. The molecule has 1 aliphatic heterocycles. The third kappa shape index (κ3) is 4.27. The fourth-order valence-corrected chi connectivity index (χ4v) is 3.11. The molecule has 2 heterocycles. The third-order valence-electron chi connectivity index (χ3n) is 4.88. The number of carbonyl (C=O) groups is 1. The van der Waals surface area contributed by atoms with E-state index in [1.807, 2.05) is 29.2 Å². The lowest BCUT2D eigenvalue weighted by atomic mass is 10.2. The summed E-state index contributed by atoms with van der Waals surface area (Å²) in [5, 5.41) is 6.19. The van der Waals surface area contributed by atoms with Gasteiger partial charge in [0.05, 0.1) is 6.20 Å². The molecule has 2 aliphatic rings. The zero-order valence-electron chi connectivity index (χ0n) is 15.3. The van der Waals surface area contributed by atoms with Crippen LogP contribution in [0.2, 0.25) is 0 Å². The van der Waals surface area contributed by atoms with Crippen LogP contribution in [0.3, 0.4) is 0 Å². The fraction of sp³-hybridized carbons (Fsp3) is 0.421. The van der Waals surface area contributed by atoms with Gasteiger partial charge in [-0.05, 0) is 37.1 Å². The van der Waals surface area contributed by atoms with Crippen LogP contribution in [0.25, 0.3) is 0 Å². The molecule has 4 rings (SSSR count). The summed E-state index contributed by atoms with van der Waals surface area (Å²) in [6.45, 7) is 4.75. The summed E-state index contributed by atoms with van der Waals surface area (Å²) in [7, 11) is 0. The van der Waals surface area contributed by atoms with Gasteiger partial charge in [0, 0.05) is 50.5 Å². The molecule has 27 heavy (non-hydrogen) atoms. The van der Waals surface area contributed by atoms with E-state index in [4.69, 9.17) is 0 Å². The number of amides is 1. The molecule has 142 valence electrons. The van der Waals surface area contributed by atoms with Gasteiger partial charge in [-0.25, -0.2) is 9.37 Å². The lowest BCUT2D eigenvalue weighted by Crippen LogP contribution is -2.48. The van der Waals surface area contributed by atoms with Gasteiger partial charge in [0.25, 0.3) is 0 Å². The quantitative estimate of drug-likeness (QED) is 0.843. The molecule has 0 spiro atoms. The van der Waals surface area contributed by atoms with Gasteiger partial charge in [0.15, 0.2) is 11.6 Å². The molecule has 2 aromatic rings. The predicted octanol–water partition coefficient (Wildman–Crippen LogP) is 2.60. The lowest BCUT2D eigenvalue weighted by Gasteiger charge is -2.35. The summed E-state index contributed by atoms with van der Waals surface area (Å²) in [6.07, 6.45) is 3.28. The highest BCUT2D eigenvalue weighted by Gasteiger charge is 2.23. The molecule has 0 atom stereocenters. The fourth-order valence-electron chi connectivity index (χ4n) is 3.11. The van der Waals surface area contributed by atoms with Crippen LogP contribution in [0.15, 0.2) is 30.5 Å². The van der Waals surface area contributed by atoms with E-state index in [2.05, 4.69) is 25.5 Å². The number of aromatic nitrogens is 2. The number of halogens is 1. The van der Waals surface area contributed by atoms with E-state index in [0.717, 1.165) is 50.4 Å². The number of hydrogen-bond donors (Lipinski definition) is 2. The summed E-state index contributed by atoms with van der Waals surface area (Å²) >= 11 is 0. The Labute approximate surface area is 157 Å². The van der Waals surface area contributed by atoms with E-state index in [1.165, 1.54) is 6.20 Å². The maximum Gasteiger partial charge on any atom is 0.229 e. The number of benzene rings is 1. The number of rotatable bonds is 5. The first-order valence-corrected chi connectivity index (χ1v) is 9.25. The van der Waals surface area contributed by atoms with Gasteiger partial charge in [0.1, 0.15) is 0 Å². The highest BCUT2D eigenvalue weighted by Crippen LogP contribution is 2.26. The predicted molar refractivity (Wildman–Crippen MR) is 103 cm³/mol. The molecule has 1 saturated carbocycles. The number of piperazine rings is 1. The summed E-state index contributed by atoms with van der Waals surface area (Å²) in [5.74, 6) is 0.300. The minimum Gasteiger partial charge on any atom is -0.368 e. The summed E-state index contributed by atoms with van der Waals surface area (Å²) < 4.78 is 13.8. The van der Waals surface area contributed by atoms with Crippen molar-refractivity contribution in [2.24, 2.45) is 0 Å². The molecule has 1 aromatic heterocycles. The van der Waals surface area contributed by atoms with Gasteiger partial charge in [-0.3, -0.25) is 4.79 Å². The topological polar surface area (TPSA) is 73.4 Å². The molecular weight excluding hydrogens is 347 g/mol. The summed E-state index contributed by atoms with van der Waals surface area (Å²) in [4.78, 5) is 23.8. The van der Waals surface area contributed by atoms with Crippen molar-refractivity contribution in [2.45, 2.75) is 25.8 Å². The molecule has 7 nitrogen and oxygen atoms in total. The number of nitrogens with one attached hydrogen (secondary N) is 2. The first-order valence-electron chi connectivity index (χ1n) is 9.25. The molecule has 1 saturated heterocycles. The number of hydrogen-bond acceptors (Lipinski definition) is 6. The van der Waals surface area contributed by atoms with Crippen molar-refractivity contribution in [3.63, 3.8) is 0 Å². The van der Waals surface area contributed by atoms with Gasteiger partial charge >= 0.3 is 0 Å². The average Bonchev–Trinajstić information content (AvgIpc) is 3.49. The zero-order chi connectivity index (χ0) is 18.8. The Bertz CT molecular complexity index is 815. The van der Waals surface area contributed by atoms with Gasteiger partial charge in [-0.1, -0.05) is 0 Å². The first kappa shape index (κ1) is 17.5. The van der Waals surface area contributed by atoms with Crippen LogP contribution in [0.4, 0.5) is 27.5 Å². The first-order chi connectivity index (χ1) is 13.1. The molecule has 1 amide bonds. The maximum atomic E-state index is 13.8. The van der Waals surface area contributed by atoms with E-state index in [9.17, 15) is 9.18 Å². The number of carbonyl (C=O) groups excluding carboxylic acids is 1. The second-order valence-corrected chi connectivity index (χ2v) is 6.97. The van der Waals surface area contributed by atoms with Crippen molar-refractivity contribution in [2.75, 3.05) is 41.7 Å². The molecule has 8 heteroatoms. The van der Waals surface area contributed by atoms with Crippen molar-refractivity contribution >= 4 is 29.0 Å². The highest BCUT2D eigenvalue weighted by atomic mass is 19.1. The molecule has 1 aliphatic carbocycles. The largest absolute Gasteiger partial charge is 0.368 e. The Morgan fingerprint density at radius 2 is 1.85 bits per heavy atom. The van der Waals surface area contributed by atoms with E-state index in [-0.39, 0.29) is 11.7 Å². The van der Waals surface area contributed by atoms with E-state index >= 15 is 0 Å². The summed E-state index contributed by atoms with van der Waals surface area (Å²) in [5.41, 5.74) is 1.95. The van der Waals surface area contributed by atoms with Crippen LogP contribution in [0.1, 0.15) is 19.8 Å². The Morgan fingerprint density at radius 1 is 1.15 bits per heavy atom. The lowest BCUT2D eigenvalue weighted by molar-refractivity contribution is -0.129. The van der Waals surface area contributed by atoms with Crippen LogP contribution in [-0.2, 0) is 4.79 Å². The Balaban J connectivity index is 1.39. The van der Waals surface area contributed by atoms with E-state index in [1.54, 1.807) is 6.92 Å². The van der Waals surface area contributed by atoms with Crippen molar-refractivity contribution in [3.8, 4) is 0 Å². The monoisotopic (exact) mass is 370 g/mol. The summed E-state index contributed by atoms with van der Waals surface area (Å²) in [6, 6.07) is 8.28. The SMILES string of the molecule is CC(=O)N1CCN(c2ccc(Nc3ncc(F)c(NC4CC4)n3)cc2)CC1. The number of nitrogens with zero attached hydrogens (tertiary/aromatic N) is 4. The smallest absolute Gasteiger partial charge is 0.229 e. The Morgan fingerprint density at radius 3 is 2.48 bits per heavy atom. The molecule has 2 N–H and O–H groups in total. The Kier molecular flexibility index (Phi) is 4.79. The molecule has 0 bridgehead atoms. The highest BCUT2D eigenvalue weighted by molar-refractivity contribution is 5.73. The van der Waals surface area contributed by atoms with Gasteiger partial charge in [-0.2, -0.15) is 4.98 Å². The zero-order valence-corrected chi connectivity index (χ0v) is 15.3. The molecule has 2 fully saturated rings. The van der Waals surface area contributed by atoms with Gasteiger partial charge in [0.2, 0.25) is 11.9 Å². The minimum absolute atomic E-state index is 0.129. The molecule has 0 unspecified atom stereocenters. The van der Waals surface area contributed by atoms with E-state index in [0.29, 0.717) is 12.0 Å². The van der Waals surface area contributed by atoms with Gasteiger partial charge in [-0.15, -0.1) is 0 Å². The van der Waals surface area contributed by atoms with Gasteiger partial charge < -0.3 is 20.4 Å².